The number of nitro groups is 1. The molecule has 0 N–H and O–H groups in total. The van der Waals surface area contributed by atoms with Crippen molar-refractivity contribution in [2.75, 3.05) is 5.75 Å². The van der Waals surface area contributed by atoms with E-state index in [2.05, 4.69) is 9.97 Å². The molecule has 5 nitrogen and oxygen atoms in total. The first kappa shape index (κ1) is 11.2. The Labute approximate surface area is 90.0 Å². The largest absolute Gasteiger partial charge is 0.338 e. The van der Waals surface area contributed by atoms with E-state index < -0.39 is 4.92 Å². The lowest BCUT2D eigenvalue weighted by atomic mass is 10.5. The Morgan fingerprint density at radius 1 is 1.64 bits per heavy atom. The highest BCUT2D eigenvalue weighted by Gasteiger charge is 2.21. The van der Waals surface area contributed by atoms with Crippen LogP contribution in [0.2, 0.25) is 5.15 Å². The number of hydrogen-bond acceptors (Lipinski definition) is 5. The summed E-state index contributed by atoms with van der Waals surface area (Å²) in [4.78, 5) is 17.5. The summed E-state index contributed by atoms with van der Waals surface area (Å²) in [7, 11) is 0. The standard InChI is InChI=1S/C7H8ClN3O2S/c1-2-3-14-7-5(11(12)13)6(8)9-4-10-7/h4H,2-3H2,1H3. The van der Waals surface area contributed by atoms with Crippen LogP contribution in [0, 0.1) is 10.1 Å². The molecule has 1 heterocycles. The normalized spacial score (nSPS) is 10.1. The molecule has 0 saturated carbocycles. The van der Waals surface area contributed by atoms with Gasteiger partial charge in [-0.25, -0.2) is 9.97 Å². The molecule has 14 heavy (non-hydrogen) atoms. The highest BCUT2D eigenvalue weighted by molar-refractivity contribution is 7.99. The number of rotatable bonds is 4. The summed E-state index contributed by atoms with van der Waals surface area (Å²) in [6.45, 7) is 1.99. The van der Waals surface area contributed by atoms with Gasteiger partial charge in [0.1, 0.15) is 6.33 Å². The molecule has 76 valence electrons. The fourth-order valence-electron chi connectivity index (χ4n) is 0.800. The Kier molecular flexibility index (Phi) is 4.09. The highest BCUT2D eigenvalue weighted by atomic mass is 35.5. The van der Waals surface area contributed by atoms with E-state index in [1.807, 2.05) is 6.92 Å². The monoisotopic (exact) mass is 233 g/mol. The van der Waals surface area contributed by atoms with Crippen molar-refractivity contribution in [3.8, 4) is 0 Å². The minimum Gasteiger partial charge on any atom is -0.258 e. The van der Waals surface area contributed by atoms with Gasteiger partial charge in [0.05, 0.1) is 4.92 Å². The molecule has 0 radical (unpaired) electrons. The van der Waals surface area contributed by atoms with E-state index in [1.54, 1.807) is 0 Å². The van der Waals surface area contributed by atoms with E-state index in [-0.39, 0.29) is 10.8 Å². The Bertz CT molecular complexity index is 348. The van der Waals surface area contributed by atoms with Crippen LogP contribution in [0.15, 0.2) is 11.4 Å². The van der Waals surface area contributed by atoms with Gasteiger partial charge in [0.25, 0.3) is 0 Å². The molecule has 7 heteroatoms. The molecule has 0 aromatic carbocycles. The van der Waals surface area contributed by atoms with Gasteiger partial charge in [-0.15, -0.1) is 0 Å². The van der Waals surface area contributed by atoms with Crippen LogP contribution < -0.4 is 0 Å². The van der Waals surface area contributed by atoms with Crippen LogP contribution in [0.25, 0.3) is 0 Å². The van der Waals surface area contributed by atoms with Crippen LogP contribution in [-0.2, 0) is 0 Å². The molecule has 0 fully saturated rings. The molecule has 1 aromatic rings. The van der Waals surface area contributed by atoms with Gasteiger partial charge in [0, 0.05) is 0 Å². The van der Waals surface area contributed by atoms with Gasteiger partial charge in [-0.05, 0) is 12.2 Å². The van der Waals surface area contributed by atoms with Crippen molar-refractivity contribution >= 4 is 29.1 Å². The van der Waals surface area contributed by atoms with Gasteiger partial charge in [0.15, 0.2) is 5.03 Å². The molecule has 1 rings (SSSR count). The zero-order valence-electron chi connectivity index (χ0n) is 7.44. The van der Waals surface area contributed by atoms with Crippen LogP contribution in [-0.4, -0.2) is 20.6 Å². The number of hydrogen-bond donors (Lipinski definition) is 0. The van der Waals surface area contributed by atoms with Crippen LogP contribution >= 0.6 is 23.4 Å². The summed E-state index contributed by atoms with van der Waals surface area (Å²) >= 11 is 6.91. The summed E-state index contributed by atoms with van der Waals surface area (Å²) in [5.74, 6) is 0.772. The molecule has 0 spiro atoms. The average molecular weight is 234 g/mol. The van der Waals surface area contributed by atoms with E-state index >= 15 is 0 Å². The number of nitrogens with zero attached hydrogens (tertiary/aromatic N) is 3. The van der Waals surface area contributed by atoms with Crippen molar-refractivity contribution in [1.82, 2.24) is 9.97 Å². The Morgan fingerprint density at radius 3 is 2.93 bits per heavy atom. The van der Waals surface area contributed by atoms with Crippen molar-refractivity contribution in [3.63, 3.8) is 0 Å². The highest BCUT2D eigenvalue weighted by Crippen LogP contribution is 2.31. The molecule has 1 aromatic heterocycles. The first-order chi connectivity index (χ1) is 6.66. The van der Waals surface area contributed by atoms with E-state index in [0.717, 1.165) is 12.2 Å². The maximum absolute atomic E-state index is 10.6. The summed E-state index contributed by atoms with van der Waals surface area (Å²) < 4.78 is 0. The summed E-state index contributed by atoms with van der Waals surface area (Å²) in [6, 6.07) is 0. The topological polar surface area (TPSA) is 68.9 Å². The Balaban J connectivity index is 3.02. The third kappa shape index (κ3) is 2.55. The van der Waals surface area contributed by atoms with Crippen molar-refractivity contribution < 1.29 is 4.92 Å². The van der Waals surface area contributed by atoms with Crippen molar-refractivity contribution in [3.05, 3.63) is 21.6 Å². The molecule has 0 atom stereocenters. The van der Waals surface area contributed by atoms with Crippen LogP contribution in [0.1, 0.15) is 13.3 Å². The van der Waals surface area contributed by atoms with Gasteiger partial charge >= 0.3 is 5.69 Å². The van der Waals surface area contributed by atoms with Gasteiger partial charge in [0.2, 0.25) is 5.15 Å². The predicted octanol–water partition coefficient (Wildman–Crippen LogP) is 2.54. The van der Waals surface area contributed by atoms with Gasteiger partial charge in [-0.2, -0.15) is 0 Å². The molecule has 0 amide bonds. The first-order valence-electron chi connectivity index (χ1n) is 3.94. The van der Waals surface area contributed by atoms with Crippen molar-refractivity contribution in [2.24, 2.45) is 0 Å². The van der Waals surface area contributed by atoms with Crippen LogP contribution in [0.4, 0.5) is 5.69 Å². The average Bonchev–Trinajstić information content (AvgIpc) is 2.14. The minimum absolute atomic E-state index is 0.108. The quantitative estimate of drug-likeness (QED) is 0.346. The predicted molar refractivity (Wildman–Crippen MR) is 54.7 cm³/mol. The molecule has 0 unspecified atom stereocenters. The smallest absolute Gasteiger partial charge is 0.258 e. The fraction of sp³-hybridized carbons (Fsp3) is 0.429. The zero-order chi connectivity index (χ0) is 10.6. The third-order valence-electron chi connectivity index (χ3n) is 1.37. The van der Waals surface area contributed by atoms with Gasteiger partial charge < -0.3 is 0 Å². The number of halogens is 1. The fourth-order valence-corrected chi connectivity index (χ4v) is 1.89. The van der Waals surface area contributed by atoms with E-state index in [9.17, 15) is 10.1 Å². The zero-order valence-corrected chi connectivity index (χ0v) is 9.01. The maximum Gasteiger partial charge on any atom is 0.338 e. The molecule has 0 saturated heterocycles. The molecule has 0 aliphatic rings. The Hall–Kier alpha value is -0.880. The van der Waals surface area contributed by atoms with Crippen LogP contribution in [0.5, 0.6) is 0 Å². The molecule has 0 aliphatic carbocycles. The lowest BCUT2D eigenvalue weighted by Crippen LogP contribution is -1.96. The van der Waals surface area contributed by atoms with E-state index in [4.69, 9.17) is 11.6 Å². The molecule has 0 bridgehead atoms. The lowest BCUT2D eigenvalue weighted by Gasteiger charge is -2.00. The molecular formula is C7H8ClN3O2S. The number of aromatic nitrogens is 2. The van der Waals surface area contributed by atoms with Crippen molar-refractivity contribution in [2.45, 2.75) is 18.4 Å². The second-order valence-corrected chi connectivity index (χ2v) is 3.87. The maximum atomic E-state index is 10.6. The third-order valence-corrected chi connectivity index (χ3v) is 2.83. The second-order valence-electron chi connectivity index (χ2n) is 2.42. The van der Waals surface area contributed by atoms with Gasteiger partial charge in [-0.3, -0.25) is 10.1 Å². The van der Waals surface area contributed by atoms with E-state index in [0.29, 0.717) is 5.03 Å². The Morgan fingerprint density at radius 2 is 2.36 bits per heavy atom. The number of thioether (sulfide) groups is 1. The summed E-state index contributed by atoms with van der Waals surface area (Å²) in [5.41, 5.74) is -0.201. The van der Waals surface area contributed by atoms with Crippen molar-refractivity contribution in [1.29, 1.82) is 0 Å². The summed E-state index contributed by atoms with van der Waals surface area (Å²) in [6.07, 6.45) is 2.15. The van der Waals surface area contributed by atoms with Gasteiger partial charge in [-0.1, -0.05) is 30.3 Å². The lowest BCUT2D eigenvalue weighted by molar-refractivity contribution is -0.388. The SMILES string of the molecule is CCCSc1ncnc(Cl)c1[N+](=O)[O-]. The molecular weight excluding hydrogens is 226 g/mol. The van der Waals surface area contributed by atoms with E-state index in [1.165, 1.54) is 18.1 Å². The first-order valence-corrected chi connectivity index (χ1v) is 5.30. The second kappa shape index (κ2) is 5.11. The minimum atomic E-state index is -0.555. The van der Waals surface area contributed by atoms with Crippen LogP contribution in [0.3, 0.4) is 0 Å². The summed E-state index contributed by atoms with van der Waals surface area (Å²) in [5, 5.41) is 10.9. The molecule has 0 aliphatic heterocycles.